The molecule has 0 radical (unpaired) electrons. The number of carbonyl (C=O) groups is 2. The van der Waals surface area contributed by atoms with Crippen LogP contribution >= 0.6 is 11.6 Å². The van der Waals surface area contributed by atoms with E-state index in [9.17, 15) is 9.59 Å². The molecule has 22 heavy (non-hydrogen) atoms. The molecule has 0 aliphatic heterocycles. The predicted octanol–water partition coefficient (Wildman–Crippen LogP) is 1.69. The number of halogens is 1. The van der Waals surface area contributed by atoms with E-state index >= 15 is 0 Å². The average Bonchev–Trinajstić information content (AvgIpc) is 3.05. The molecule has 2 amide bonds. The van der Waals surface area contributed by atoms with Crippen molar-refractivity contribution in [2.75, 3.05) is 13.1 Å². The van der Waals surface area contributed by atoms with Gasteiger partial charge < -0.3 is 16.0 Å². The molecule has 0 saturated heterocycles. The van der Waals surface area contributed by atoms with Crippen LogP contribution in [0.25, 0.3) is 0 Å². The molecule has 5 nitrogen and oxygen atoms in total. The molecule has 1 aliphatic rings. The lowest BCUT2D eigenvalue weighted by molar-refractivity contribution is -0.135. The number of hydrogen-bond donors (Lipinski definition) is 2. The first kappa shape index (κ1) is 16.8. The van der Waals surface area contributed by atoms with E-state index in [0.717, 1.165) is 31.2 Å². The topological polar surface area (TPSA) is 75.4 Å². The number of hydrogen-bond acceptors (Lipinski definition) is 3. The Hall–Kier alpha value is -1.59. The highest BCUT2D eigenvalue weighted by molar-refractivity contribution is 6.31. The zero-order valence-electron chi connectivity index (χ0n) is 12.6. The molecule has 1 aliphatic carbocycles. The molecule has 1 aromatic rings. The Kier molecular flexibility index (Phi) is 6.21. The Labute approximate surface area is 135 Å². The Morgan fingerprint density at radius 3 is 2.59 bits per heavy atom. The Morgan fingerprint density at radius 2 is 1.95 bits per heavy atom. The number of nitrogens with one attached hydrogen (secondary N) is 1. The molecule has 6 heteroatoms. The van der Waals surface area contributed by atoms with Gasteiger partial charge in [-0.1, -0.05) is 42.6 Å². The summed E-state index contributed by atoms with van der Waals surface area (Å²) in [4.78, 5) is 25.6. The third-order valence-corrected chi connectivity index (χ3v) is 4.38. The van der Waals surface area contributed by atoms with E-state index in [4.69, 9.17) is 17.3 Å². The third-order valence-electron chi connectivity index (χ3n) is 4.01. The van der Waals surface area contributed by atoms with Crippen molar-refractivity contribution in [1.82, 2.24) is 10.2 Å². The van der Waals surface area contributed by atoms with Crippen molar-refractivity contribution in [2.45, 2.75) is 38.3 Å². The Balaban J connectivity index is 2.07. The van der Waals surface area contributed by atoms with Crippen molar-refractivity contribution in [3.05, 3.63) is 34.9 Å². The first-order valence-electron chi connectivity index (χ1n) is 7.61. The van der Waals surface area contributed by atoms with Crippen LogP contribution in [0, 0.1) is 0 Å². The van der Waals surface area contributed by atoms with Gasteiger partial charge in [-0.05, 0) is 24.5 Å². The summed E-state index contributed by atoms with van der Waals surface area (Å²) in [5.41, 5.74) is 6.17. The lowest BCUT2D eigenvalue weighted by Gasteiger charge is -2.29. The van der Waals surface area contributed by atoms with Gasteiger partial charge in [-0.25, -0.2) is 0 Å². The summed E-state index contributed by atoms with van der Waals surface area (Å²) in [5.74, 6) is -0.411. The van der Waals surface area contributed by atoms with Crippen molar-refractivity contribution in [1.29, 1.82) is 0 Å². The van der Waals surface area contributed by atoms with Crippen molar-refractivity contribution >= 4 is 23.4 Å². The summed E-state index contributed by atoms with van der Waals surface area (Å²) in [6.45, 7) is 0.347. The monoisotopic (exact) mass is 323 g/mol. The highest BCUT2D eigenvalue weighted by atomic mass is 35.5. The number of carbonyl (C=O) groups excluding carboxylic acids is 2. The fraction of sp³-hybridized carbons (Fsp3) is 0.500. The number of nitrogens with zero attached hydrogens (tertiary/aromatic N) is 1. The summed E-state index contributed by atoms with van der Waals surface area (Å²) in [6.07, 6.45) is 4.26. The van der Waals surface area contributed by atoms with Gasteiger partial charge in [-0.3, -0.25) is 9.59 Å². The smallest absolute Gasteiger partial charge is 0.242 e. The maximum atomic E-state index is 12.5. The standard InChI is InChI=1S/C16H22ClN3O2/c17-14-8-4-1-5-12(14)11-20(13-6-2-3-7-13)16(22)10-19-15(21)9-18/h1,4-5,8,13H,2-3,6-7,9-11,18H2,(H,19,21). The van der Waals surface area contributed by atoms with Crippen molar-refractivity contribution in [3.63, 3.8) is 0 Å². The minimum absolute atomic E-state index is 0.0169. The maximum Gasteiger partial charge on any atom is 0.242 e. The van der Waals surface area contributed by atoms with Gasteiger partial charge in [0.15, 0.2) is 0 Å². The summed E-state index contributed by atoms with van der Waals surface area (Å²) in [5, 5.41) is 3.21. The molecule has 0 atom stereocenters. The molecule has 120 valence electrons. The van der Waals surface area contributed by atoms with E-state index in [1.54, 1.807) is 0 Å². The second-order valence-electron chi connectivity index (χ2n) is 5.53. The lowest BCUT2D eigenvalue weighted by Crippen LogP contribution is -2.45. The second kappa shape index (κ2) is 8.15. The molecule has 0 spiro atoms. The van der Waals surface area contributed by atoms with Crippen LogP contribution in [0.1, 0.15) is 31.2 Å². The first-order chi connectivity index (χ1) is 10.6. The summed E-state index contributed by atoms with van der Waals surface area (Å²) in [7, 11) is 0. The van der Waals surface area contributed by atoms with Crippen LogP contribution in [0.3, 0.4) is 0 Å². The third kappa shape index (κ3) is 4.45. The molecule has 1 saturated carbocycles. The van der Waals surface area contributed by atoms with Crippen molar-refractivity contribution in [3.8, 4) is 0 Å². The Morgan fingerprint density at radius 1 is 1.27 bits per heavy atom. The molecule has 1 aromatic carbocycles. The first-order valence-corrected chi connectivity index (χ1v) is 7.99. The van der Waals surface area contributed by atoms with Crippen molar-refractivity contribution < 1.29 is 9.59 Å². The minimum Gasteiger partial charge on any atom is -0.346 e. The number of amides is 2. The van der Waals surface area contributed by atoms with Gasteiger partial charge in [0.2, 0.25) is 11.8 Å². The van der Waals surface area contributed by atoms with Crippen LogP contribution in [0.2, 0.25) is 5.02 Å². The van der Waals surface area contributed by atoms with Gasteiger partial charge in [-0.2, -0.15) is 0 Å². The molecule has 0 unspecified atom stereocenters. The van der Waals surface area contributed by atoms with Crippen molar-refractivity contribution in [2.24, 2.45) is 5.73 Å². The average molecular weight is 324 g/mol. The number of nitrogens with two attached hydrogens (primary N) is 1. The summed E-state index contributed by atoms with van der Waals surface area (Å²) < 4.78 is 0. The van der Waals surface area contributed by atoms with Gasteiger partial charge in [0.05, 0.1) is 13.1 Å². The fourth-order valence-electron chi connectivity index (χ4n) is 2.79. The van der Waals surface area contributed by atoms with E-state index in [1.807, 2.05) is 29.2 Å². The minimum atomic E-state index is -0.322. The van der Waals surface area contributed by atoms with E-state index in [1.165, 1.54) is 0 Å². The van der Waals surface area contributed by atoms with Crippen LogP contribution in [0.15, 0.2) is 24.3 Å². The van der Waals surface area contributed by atoms with E-state index < -0.39 is 0 Å². The zero-order valence-corrected chi connectivity index (χ0v) is 13.3. The van der Waals surface area contributed by atoms with Crippen LogP contribution in [0.5, 0.6) is 0 Å². The Bertz CT molecular complexity index is 530. The predicted molar refractivity (Wildman–Crippen MR) is 86.3 cm³/mol. The maximum absolute atomic E-state index is 12.5. The van der Waals surface area contributed by atoms with Crippen LogP contribution in [-0.2, 0) is 16.1 Å². The number of benzene rings is 1. The van der Waals surface area contributed by atoms with E-state index in [-0.39, 0.29) is 30.9 Å². The van der Waals surface area contributed by atoms with Gasteiger partial charge in [0.1, 0.15) is 0 Å². The fourth-order valence-corrected chi connectivity index (χ4v) is 2.99. The van der Waals surface area contributed by atoms with Crippen LogP contribution in [-0.4, -0.2) is 35.8 Å². The van der Waals surface area contributed by atoms with E-state index in [2.05, 4.69) is 5.32 Å². The summed E-state index contributed by atoms with van der Waals surface area (Å²) >= 11 is 6.21. The highest BCUT2D eigenvalue weighted by Gasteiger charge is 2.27. The normalized spacial score (nSPS) is 14.8. The SMILES string of the molecule is NCC(=O)NCC(=O)N(Cc1ccccc1Cl)C1CCCC1. The molecule has 0 aromatic heterocycles. The van der Waals surface area contributed by atoms with Crippen LogP contribution in [0.4, 0.5) is 0 Å². The number of rotatable bonds is 6. The largest absolute Gasteiger partial charge is 0.346 e. The quantitative estimate of drug-likeness (QED) is 0.836. The molecular formula is C16H22ClN3O2. The molecule has 1 fully saturated rings. The van der Waals surface area contributed by atoms with E-state index in [0.29, 0.717) is 11.6 Å². The molecule has 0 bridgehead atoms. The van der Waals surface area contributed by atoms with Gasteiger partial charge in [0, 0.05) is 17.6 Å². The summed E-state index contributed by atoms with van der Waals surface area (Å²) in [6, 6.07) is 7.75. The molecule has 3 N–H and O–H groups in total. The zero-order chi connectivity index (χ0) is 15.9. The highest BCUT2D eigenvalue weighted by Crippen LogP contribution is 2.26. The molecule has 2 rings (SSSR count). The van der Waals surface area contributed by atoms with Gasteiger partial charge in [0.25, 0.3) is 0 Å². The lowest BCUT2D eigenvalue weighted by atomic mass is 10.1. The van der Waals surface area contributed by atoms with Crippen LogP contribution < -0.4 is 11.1 Å². The van der Waals surface area contributed by atoms with Gasteiger partial charge >= 0.3 is 0 Å². The second-order valence-corrected chi connectivity index (χ2v) is 5.94. The van der Waals surface area contributed by atoms with Gasteiger partial charge in [-0.15, -0.1) is 0 Å². The molecular weight excluding hydrogens is 302 g/mol. The molecule has 0 heterocycles.